The molecule has 0 aromatic heterocycles. The van der Waals surface area contributed by atoms with E-state index in [1.807, 2.05) is 4.90 Å². The van der Waals surface area contributed by atoms with Crippen molar-refractivity contribution in [1.29, 1.82) is 0 Å². The zero-order valence-electron chi connectivity index (χ0n) is 9.70. The summed E-state index contributed by atoms with van der Waals surface area (Å²) in [4.78, 5) is 16.4. The van der Waals surface area contributed by atoms with Gasteiger partial charge in [0.15, 0.2) is 0 Å². The first kappa shape index (κ1) is 10.7. The highest BCUT2D eigenvalue weighted by atomic mass is 16.2. The standard InChI is InChI=1S/C12H20N2O/c1-10-5-8-14(9-6-10)12(15)11-4-3-7-13(11)2/h5,11H,3-4,6-9H2,1-2H3/t11-/m0/s1. The lowest BCUT2D eigenvalue weighted by Gasteiger charge is -2.30. The van der Waals surface area contributed by atoms with Gasteiger partial charge in [-0.2, -0.15) is 0 Å². The Kier molecular flexibility index (Phi) is 3.10. The summed E-state index contributed by atoms with van der Waals surface area (Å²) in [7, 11) is 2.06. The van der Waals surface area contributed by atoms with Gasteiger partial charge in [0.2, 0.25) is 5.91 Å². The number of carbonyl (C=O) groups is 1. The first-order valence-electron chi connectivity index (χ1n) is 5.83. The fourth-order valence-electron chi connectivity index (χ4n) is 2.40. The van der Waals surface area contributed by atoms with Gasteiger partial charge in [-0.1, -0.05) is 11.6 Å². The summed E-state index contributed by atoms with van der Waals surface area (Å²) in [6, 6.07) is 0.150. The first-order chi connectivity index (χ1) is 7.18. The Morgan fingerprint density at radius 3 is 2.80 bits per heavy atom. The Morgan fingerprint density at radius 2 is 2.27 bits per heavy atom. The van der Waals surface area contributed by atoms with Crippen molar-refractivity contribution in [3.63, 3.8) is 0 Å². The second kappa shape index (κ2) is 4.35. The Hall–Kier alpha value is -0.830. The average molecular weight is 208 g/mol. The quantitative estimate of drug-likeness (QED) is 0.606. The maximum absolute atomic E-state index is 12.2. The second-order valence-electron chi connectivity index (χ2n) is 4.72. The summed E-state index contributed by atoms with van der Waals surface area (Å²) < 4.78 is 0. The van der Waals surface area contributed by atoms with E-state index in [-0.39, 0.29) is 6.04 Å². The van der Waals surface area contributed by atoms with E-state index in [4.69, 9.17) is 0 Å². The molecule has 1 amide bonds. The van der Waals surface area contributed by atoms with Gasteiger partial charge < -0.3 is 4.90 Å². The van der Waals surface area contributed by atoms with Crippen LogP contribution in [-0.4, -0.2) is 48.4 Å². The molecule has 0 N–H and O–H groups in total. The van der Waals surface area contributed by atoms with Crippen LogP contribution in [-0.2, 0) is 4.79 Å². The third kappa shape index (κ3) is 2.23. The Labute approximate surface area is 91.7 Å². The van der Waals surface area contributed by atoms with E-state index in [1.165, 1.54) is 5.57 Å². The van der Waals surface area contributed by atoms with Gasteiger partial charge in [0.25, 0.3) is 0 Å². The molecular weight excluding hydrogens is 188 g/mol. The lowest BCUT2D eigenvalue weighted by atomic mass is 10.1. The maximum Gasteiger partial charge on any atom is 0.240 e. The van der Waals surface area contributed by atoms with Gasteiger partial charge in [-0.25, -0.2) is 0 Å². The number of amides is 1. The molecule has 0 radical (unpaired) electrons. The summed E-state index contributed by atoms with van der Waals surface area (Å²) in [5.74, 6) is 0.332. The molecule has 1 saturated heterocycles. The summed E-state index contributed by atoms with van der Waals surface area (Å²) in [6.45, 7) is 4.93. The van der Waals surface area contributed by atoms with Crippen molar-refractivity contribution in [2.24, 2.45) is 0 Å². The highest BCUT2D eigenvalue weighted by Gasteiger charge is 2.31. The number of hydrogen-bond acceptors (Lipinski definition) is 2. The smallest absolute Gasteiger partial charge is 0.240 e. The van der Waals surface area contributed by atoms with Gasteiger partial charge in [0, 0.05) is 13.1 Å². The van der Waals surface area contributed by atoms with Crippen LogP contribution in [0.25, 0.3) is 0 Å². The molecule has 0 saturated carbocycles. The molecule has 0 aromatic rings. The molecule has 0 spiro atoms. The van der Waals surface area contributed by atoms with E-state index < -0.39 is 0 Å². The molecule has 0 bridgehead atoms. The zero-order valence-corrected chi connectivity index (χ0v) is 9.70. The number of rotatable bonds is 1. The predicted molar refractivity (Wildman–Crippen MR) is 60.6 cm³/mol. The van der Waals surface area contributed by atoms with Crippen molar-refractivity contribution in [3.8, 4) is 0 Å². The second-order valence-corrected chi connectivity index (χ2v) is 4.72. The molecule has 84 valence electrons. The number of hydrogen-bond donors (Lipinski definition) is 0. The summed E-state index contributed by atoms with van der Waals surface area (Å²) in [5, 5.41) is 0. The molecule has 1 atom stereocenters. The van der Waals surface area contributed by atoms with Crippen molar-refractivity contribution in [2.45, 2.75) is 32.2 Å². The van der Waals surface area contributed by atoms with Crippen LogP contribution >= 0.6 is 0 Å². The summed E-state index contributed by atoms with van der Waals surface area (Å²) in [5.41, 5.74) is 1.42. The topological polar surface area (TPSA) is 23.6 Å². The predicted octanol–water partition coefficient (Wildman–Crippen LogP) is 1.26. The van der Waals surface area contributed by atoms with E-state index in [9.17, 15) is 4.79 Å². The molecule has 15 heavy (non-hydrogen) atoms. The lowest BCUT2D eigenvalue weighted by Crippen LogP contribution is -2.45. The van der Waals surface area contributed by atoms with Crippen LogP contribution in [0.2, 0.25) is 0 Å². The molecule has 3 nitrogen and oxygen atoms in total. The van der Waals surface area contributed by atoms with Crippen LogP contribution < -0.4 is 0 Å². The third-order valence-corrected chi connectivity index (χ3v) is 3.55. The van der Waals surface area contributed by atoms with E-state index in [1.54, 1.807) is 0 Å². The first-order valence-corrected chi connectivity index (χ1v) is 5.83. The molecule has 2 heterocycles. The number of likely N-dealkylation sites (N-methyl/N-ethyl adjacent to an activating group) is 1. The van der Waals surface area contributed by atoms with Crippen molar-refractivity contribution in [3.05, 3.63) is 11.6 Å². The highest BCUT2D eigenvalue weighted by molar-refractivity contribution is 5.82. The van der Waals surface area contributed by atoms with Gasteiger partial charge >= 0.3 is 0 Å². The normalized spacial score (nSPS) is 28.0. The molecule has 2 aliphatic heterocycles. The van der Waals surface area contributed by atoms with Gasteiger partial charge in [-0.05, 0) is 39.8 Å². The molecule has 2 aliphatic rings. The maximum atomic E-state index is 12.2. The van der Waals surface area contributed by atoms with Crippen LogP contribution in [0.4, 0.5) is 0 Å². The van der Waals surface area contributed by atoms with Gasteiger partial charge in [-0.15, -0.1) is 0 Å². The van der Waals surface area contributed by atoms with Crippen LogP contribution in [0.15, 0.2) is 11.6 Å². The van der Waals surface area contributed by atoms with E-state index >= 15 is 0 Å². The lowest BCUT2D eigenvalue weighted by molar-refractivity contribution is -0.135. The SMILES string of the molecule is CC1=CCN(C(=O)[C@@H]2CCCN2C)CC1. The molecule has 0 unspecified atom stereocenters. The van der Waals surface area contributed by atoms with Crippen molar-refractivity contribution >= 4 is 5.91 Å². The van der Waals surface area contributed by atoms with Crippen LogP contribution in [0, 0.1) is 0 Å². The van der Waals surface area contributed by atoms with Crippen molar-refractivity contribution < 1.29 is 4.79 Å². The monoisotopic (exact) mass is 208 g/mol. The van der Waals surface area contributed by atoms with Crippen LogP contribution in [0.1, 0.15) is 26.2 Å². The van der Waals surface area contributed by atoms with Crippen molar-refractivity contribution in [1.82, 2.24) is 9.80 Å². The summed E-state index contributed by atoms with van der Waals surface area (Å²) in [6.07, 6.45) is 5.42. The number of carbonyl (C=O) groups excluding carboxylic acids is 1. The minimum atomic E-state index is 0.150. The van der Waals surface area contributed by atoms with E-state index in [0.29, 0.717) is 5.91 Å². The summed E-state index contributed by atoms with van der Waals surface area (Å²) >= 11 is 0. The number of likely N-dealkylation sites (tertiary alicyclic amines) is 1. The third-order valence-electron chi connectivity index (χ3n) is 3.55. The molecule has 1 fully saturated rings. The zero-order chi connectivity index (χ0) is 10.8. The molecule has 0 aromatic carbocycles. The van der Waals surface area contributed by atoms with Gasteiger partial charge in [0.1, 0.15) is 0 Å². The molecular formula is C12H20N2O. The van der Waals surface area contributed by atoms with E-state index in [2.05, 4.69) is 24.9 Å². The van der Waals surface area contributed by atoms with E-state index in [0.717, 1.165) is 38.9 Å². The average Bonchev–Trinajstić information content (AvgIpc) is 2.65. The van der Waals surface area contributed by atoms with Crippen LogP contribution in [0.5, 0.6) is 0 Å². The van der Waals surface area contributed by atoms with Crippen molar-refractivity contribution in [2.75, 3.05) is 26.7 Å². The Morgan fingerprint density at radius 1 is 1.47 bits per heavy atom. The molecule has 3 heteroatoms. The van der Waals surface area contributed by atoms with Crippen LogP contribution in [0.3, 0.4) is 0 Å². The molecule has 0 aliphatic carbocycles. The highest BCUT2D eigenvalue weighted by Crippen LogP contribution is 2.19. The Bertz CT molecular complexity index is 285. The van der Waals surface area contributed by atoms with Gasteiger partial charge in [0.05, 0.1) is 6.04 Å². The fraction of sp³-hybridized carbons (Fsp3) is 0.750. The molecule has 2 rings (SSSR count). The number of nitrogens with zero attached hydrogens (tertiary/aromatic N) is 2. The minimum absolute atomic E-state index is 0.150. The minimum Gasteiger partial charge on any atom is -0.337 e. The fourth-order valence-corrected chi connectivity index (χ4v) is 2.40. The Balaban J connectivity index is 1.96. The van der Waals surface area contributed by atoms with Gasteiger partial charge in [-0.3, -0.25) is 9.69 Å². The largest absolute Gasteiger partial charge is 0.337 e.